The van der Waals surface area contributed by atoms with E-state index in [0.717, 1.165) is 31.2 Å². The molecule has 0 saturated carbocycles. The lowest BCUT2D eigenvalue weighted by Gasteiger charge is -2.13. The summed E-state index contributed by atoms with van der Waals surface area (Å²) in [6, 6.07) is 19.4. The van der Waals surface area contributed by atoms with Gasteiger partial charge in [0.05, 0.1) is 7.11 Å². The van der Waals surface area contributed by atoms with E-state index in [9.17, 15) is 10.1 Å². The van der Waals surface area contributed by atoms with E-state index in [0.29, 0.717) is 23.4 Å². The van der Waals surface area contributed by atoms with Gasteiger partial charge in [0.15, 0.2) is 0 Å². The minimum atomic E-state index is -0.455. The van der Waals surface area contributed by atoms with E-state index in [1.165, 1.54) is 0 Å². The summed E-state index contributed by atoms with van der Waals surface area (Å²) in [5.41, 5.74) is 5.67. The number of halogens is 2. The van der Waals surface area contributed by atoms with Gasteiger partial charge < -0.3 is 10.1 Å². The number of methoxy groups -OCH3 is 1. The fraction of sp³-hybridized carbons (Fsp3) is 0.154. The number of aryl methyl sites for hydroxylation is 2. The van der Waals surface area contributed by atoms with Crippen molar-refractivity contribution in [3.05, 3.63) is 96.9 Å². The number of carbonyl (C=O) groups excluding carboxylic acids is 1. The van der Waals surface area contributed by atoms with Crippen LogP contribution in [-0.2, 0) is 11.2 Å². The molecule has 1 N–H and O–H groups in total. The highest BCUT2D eigenvalue weighted by Gasteiger charge is 2.14. The number of hydrogen-bond acceptors (Lipinski definition) is 3. The number of anilines is 1. The SMILES string of the molecule is COc1cc(/C=C(\C#N)C(=O)Nc2ccc(C)c(C)c2)cc(Br)c1Cc1ccccc1Br. The first-order valence-corrected chi connectivity index (χ1v) is 11.5. The third-order valence-electron chi connectivity index (χ3n) is 5.16. The Balaban J connectivity index is 1.89. The highest BCUT2D eigenvalue weighted by atomic mass is 79.9. The van der Waals surface area contributed by atoms with Gasteiger partial charge in [-0.25, -0.2) is 0 Å². The Bertz CT molecular complexity index is 1240. The quantitative estimate of drug-likeness (QED) is 0.265. The van der Waals surface area contributed by atoms with Crippen LogP contribution in [0.25, 0.3) is 6.08 Å². The lowest BCUT2D eigenvalue weighted by molar-refractivity contribution is -0.112. The molecule has 3 rings (SSSR count). The molecular weight excluding hydrogens is 532 g/mol. The number of nitriles is 1. The van der Waals surface area contributed by atoms with Crippen molar-refractivity contribution in [2.75, 3.05) is 12.4 Å². The summed E-state index contributed by atoms with van der Waals surface area (Å²) < 4.78 is 7.48. The van der Waals surface area contributed by atoms with Crippen LogP contribution in [0.4, 0.5) is 5.69 Å². The molecule has 0 aromatic heterocycles. The van der Waals surface area contributed by atoms with Crippen LogP contribution in [0.2, 0.25) is 0 Å². The van der Waals surface area contributed by atoms with Gasteiger partial charge in [-0.2, -0.15) is 5.26 Å². The normalized spacial score (nSPS) is 11.1. The highest BCUT2D eigenvalue weighted by molar-refractivity contribution is 9.10. The molecule has 4 nitrogen and oxygen atoms in total. The summed E-state index contributed by atoms with van der Waals surface area (Å²) in [5.74, 6) is 0.219. The number of nitrogens with zero attached hydrogens (tertiary/aromatic N) is 1. The van der Waals surface area contributed by atoms with Crippen LogP contribution >= 0.6 is 31.9 Å². The fourth-order valence-electron chi connectivity index (χ4n) is 3.23. The molecule has 0 aliphatic heterocycles. The van der Waals surface area contributed by atoms with Crippen LogP contribution in [0, 0.1) is 25.2 Å². The molecule has 0 spiro atoms. The molecule has 0 unspecified atom stereocenters. The van der Waals surface area contributed by atoms with Crippen LogP contribution < -0.4 is 10.1 Å². The lowest BCUT2D eigenvalue weighted by atomic mass is 10.0. The van der Waals surface area contributed by atoms with Crippen LogP contribution in [0.3, 0.4) is 0 Å². The second-order valence-corrected chi connectivity index (χ2v) is 9.08. The number of hydrogen-bond donors (Lipinski definition) is 1. The van der Waals surface area contributed by atoms with Gasteiger partial charge in [-0.05, 0) is 72.5 Å². The van der Waals surface area contributed by atoms with Crippen molar-refractivity contribution in [3.8, 4) is 11.8 Å². The predicted octanol–water partition coefficient (Wildman–Crippen LogP) is 6.97. The van der Waals surface area contributed by atoms with Crippen molar-refractivity contribution in [2.24, 2.45) is 0 Å². The number of ether oxygens (including phenoxy) is 1. The van der Waals surface area contributed by atoms with E-state index in [4.69, 9.17) is 4.74 Å². The predicted molar refractivity (Wildman–Crippen MR) is 136 cm³/mol. The summed E-state index contributed by atoms with van der Waals surface area (Å²) in [7, 11) is 1.61. The summed E-state index contributed by atoms with van der Waals surface area (Å²) in [6.45, 7) is 3.98. The summed E-state index contributed by atoms with van der Waals surface area (Å²) in [5, 5.41) is 12.4. The maximum Gasteiger partial charge on any atom is 0.266 e. The standard InChI is InChI=1S/C26H22Br2N2O2/c1-16-8-9-21(10-17(16)2)30-26(31)20(15-29)11-18-12-24(28)22(25(13-18)32-3)14-19-6-4-5-7-23(19)27/h4-13H,14H2,1-3H3,(H,30,31)/b20-11+. The Morgan fingerprint density at radius 1 is 1.06 bits per heavy atom. The van der Waals surface area contributed by atoms with Gasteiger partial charge in [-0.3, -0.25) is 4.79 Å². The zero-order valence-corrected chi connectivity index (χ0v) is 21.2. The topological polar surface area (TPSA) is 62.1 Å². The molecule has 6 heteroatoms. The van der Waals surface area contributed by atoms with Crippen molar-refractivity contribution in [2.45, 2.75) is 20.3 Å². The van der Waals surface area contributed by atoms with Crippen molar-refractivity contribution in [1.82, 2.24) is 0 Å². The van der Waals surface area contributed by atoms with E-state index in [1.54, 1.807) is 13.2 Å². The van der Waals surface area contributed by atoms with Gasteiger partial charge in [0, 0.05) is 26.6 Å². The molecular formula is C26H22Br2N2O2. The monoisotopic (exact) mass is 552 g/mol. The second kappa shape index (κ2) is 10.6. The van der Waals surface area contributed by atoms with E-state index >= 15 is 0 Å². The third-order valence-corrected chi connectivity index (χ3v) is 6.64. The van der Waals surface area contributed by atoms with E-state index < -0.39 is 5.91 Å². The van der Waals surface area contributed by atoms with Crippen LogP contribution in [0.5, 0.6) is 5.75 Å². The minimum Gasteiger partial charge on any atom is -0.496 e. The molecule has 162 valence electrons. The molecule has 3 aromatic rings. The average molecular weight is 554 g/mol. The first kappa shape index (κ1) is 23.8. The molecule has 0 fully saturated rings. The molecule has 0 heterocycles. The number of rotatable bonds is 6. The van der Waals surface area contributed by atoms with E-state index in [2.05, 4.69) is 43.2 Å². The van der Waals surface area contributed by atoms with Gasteiger partial charge in [0.25, 0.3) is 5.91 Å². The van der Waals surface area contributed by atoms with Crippen LogP contribution in [-0.4, -0.2) is 13.0 Å². The number of nitrogens with one attached hydrogen (secondary N) is 1. The first-order valence-electron chi connectivity index (χ1n) is 9.92. The van der Waals surface area contributed by atoms with Crippen LogP contribution in [0.15, 0.2) is 69.1 Å². The van der Waals surface area contributed by atoms with Gasteiger partial charge >= 0.3 is 0 Å². The molecule has 0 saturated heterocycles. The van der Waals surface area contributed by atoms with E-state index in [1.807, 2.05) is 68.4 Å². The Labute approximate surface area is 205 Å². The number of amides is 1. The Morgan fingerprint density at radius 3 is 2.47 bits per heavy atom. The summed E-state index contributed by atoms with van der Waals surface area (Å²) in [4.78, 5) is 12.7. The molecule has 3 aromatic carbocycles. The van der Waals surface area contributed by atoms with E-state index in [-0.39, 0.29) is 5.57 Å². The molecule has 1 amide bonds. The zero-order valence-electron chi connectivity index (χ0n) is 18.0. The van der Waals surface area contributed by atoms with Crippen molar-refractivity contribution < 1.29 is 9.53 Å². The number of carbonyl (C=O) groups is 1. The molecule has 0 aliphatic rings. The maximum atomic E-state index is 12.7. The third kappa shape index (κ3) is 5.67. The van der Waals surface area contributed by atoms with Gasteiger partial charge in [-0.1, -0.05) is 56.1 Å². The molecule has 0 bridgehead atoms. The number of benzene rings is 3. The highest BCUT2D eigenvalue weighted by Crippen LogP contribution is 2.33. The second-order valence-electron chi connectivity index (χ2n) is 7.37. The average Bonchev–Trinajstić information content (AvgIpc) is 2.77. The van der Waals surface area contributed by atoms with Crippen molar-refractivity contribution in [1.29, 1.82) is 5.26 Å². The maximum absolute atomic E-state index is 12.7. The fourth-order valence-corrected chi connectivity index (χ4v) is 4.26. The zero-order chi connectivity index (χ0) is 23.3. The lowest BCUT2D eigenvalue weighted by Crippen LogP contribution is -2.13. The smallest absolute Gasteiger partial charge is 0.266 e. The molecule has 0 aliphatic carbocycles. The van der Waals surface area contributed by atoms with Gasteiger partial charge in [0.2, 0.25) is 0 Å². The Kier molecular flexibility index (Phi) is 7.89. The minimum absolute atomic E-state index is 0.00994. The van der Waals surface area contributed by atoms with Crippen LogP contribution in [0.1, 0.15) is 27.8 Å². The van der Waals surface area contributed by atoms with Gasteiger partial charge in [0.1, 0.15) is 17.4 Å². The molecule has 32 heavy (non-hydrogen) atoms. The Morgan fingerprint density at radius 2 is 1.81 bits per heavy atom. The van der Waals surface area contributed by atoms with Crippen molar-refractivity contribution in [3.63, 3.8) is 0 Å². The van der Waals surface area contributed by atoms with Crippen molar-refractivity contribution >= 4 is 49.5 Å². The molecule has 0 atom stereocenters. The largest absolute Gasteiger partial charge is 0.496 e. The first-order chi connectivity index (χ1) is 15.3. The summed E-state index contributed by atoms with van der Waals surface area (Å²) in [6.07, 6.45) is 2.22. The Hall–Kier alpha value is -2.88. The molecule has 0 radical (unpaired) electrons. The summed E-state index contributed by atoms with van der Waals surface area (Å²) >= 11 is 7.22. The van der Waals surface area contributed by atoms with Gasteiger partial charge in [-0.15, -0.1) is 0 Å².